The summed E-state index contributed by atoms with van der Waals surface area (Å²) in [7, 11) is 0. The van der Waals surface area contributed by atoms with Gasteiger partial charge in [0.05, 0.1) is 0 Å². The van der Waals surface area contributed by atoms with Crippen LogP contribution >= 0.6 is 0 Å². The molecule has 0 fully saturated rings. The SMILES string of the molecule is CCCC1(c2ccccc2)C(=O)N(CC)c2ccccc21.CCCN(CCC)c1ccccn1. The van der Waals surface area contributed by atoms with E-state index in [2.05, 4.69) is 61.0 Å². The quantitative estimate of drug-likeness (QED) is 0.353. The van der Waals surface area contributed by atoms with Gasteiger partial charge in [-0.1, -0.05) is 81.8 Å². The molecule has 1 amide bonds. The third kappa shape index (κ3) is 5.16. The molecule has 0 N–H and O–H groups in total. The predicted octanol–water partition coefficient (Wildman–Crippen LogP) is 6.85. The summed E-state index contributed by atoms with van der Waals surface area (Å²) in [4.78, 5) is 21.8. The van der Waals surface area contributed by atoms with E-state index in [1.54, 1.807) is 0 Å². The lowest BCUT2D eigenvalue weighted by Gasteiger charge is -2.29. The van der Waals surface area contributed by atoms with Crippen LogP contribution in [-0.2, 0) is 10.2 Å². The standard InChI is InChI=1S/C19H21NO.C11H18N2/c1-3-14-19(15-10-6-5-7-11-15)16-12-8-9-13-17(16)20(4-2)18(19)21;1-3-9-13(10-4-2)11-7-5-6-8-12-11/h5-13H,3-4,14H2,1-2H3;5-8H,3-4,9-10H2,1-2H3. The third-order valence-corrected chi connectivity index (χ3v) is 6.43. The van der Waals surface area contributed by atoms with Crippen molar-refractivity contribution >= 4 is 17.4 Å². The van der Waals surface area contributed by atoms with Gasteiger partial charge >= 0.3 is 0 Å². The highest BCUT2D eigenvalue weighted by Gasteiger charge is 2.50. The number of rotatable bonds is 9. The molecule has 1 unspecified atom stereocenters. The minimum atomic E-state index is -0.511. The lowest BCUT2D eigenvalue weighted by Crippen LogP contribution is -2.41. The predicted molar refractivity (Wildman–Crippen MR) is 144 cm³/mol. The van der Waals surface area contributed by atoms with Crippen LogP contribution in [0.2, 0.25) is 0 Å². The van der Waals surface area contributed by atoms with Gasteiger partial charge in [0.25, 0.3) is 0 Å². The average Bonchev–Trinajstić information content (AvgIpc) is 3.13. The van der Waals surface area contributed by atoms with Crippen LogP contribution in [0.5, 0.6) is 0 Å². The Morgan fingerprint density at radius 3 is 2.03 bits per heavy atom. The Morgan fingerprint density at radius 1 is 0.794 bits per heavy atom. The molecule has 0 aliphatic carbocycles. The monoisotopic (exact) mass is 457 g/mol. The number of hydrogen-bond acceptors (Lipinski definition) is 3. The minimum absolute atomic E-state index is 0.222. The first-order valence-corrected chi connectivity index (χ1v) is 12.8. The van der Waals surface area contributed by atoms with Crippen LogP contribution in [0.15, 0.2) is 79.0 Å². The number of amides is 1. The number of fused-ring (bicyclic) bond motifs is 1. The molecule has 1 aliphatic heterocycles. The summed E-state index contributed by atoms with van der Waals surface area (Å²) in [6, 6.07) is 24.5. The average molecular weight is 458 g/mol. The Balaban J connectivity index is 0.000000215. The molecule has 0 saturated carbocycles. The largest absolute Gasteiger partial charge is 0.357 e. The lowest BCUT2D eigenvalue weighted by molar-refractivity contribution is -0.122. The first kappa shape index (κ1) is 25.5. The summed E-state index contributed by atoms with van der Waals surface area (Å²) in [5.74, 6) is 1.32. The van der Waals surface area contributed by atoms with Crippen LogP contribution in [-0.4, -0.2) is 30.5 Å². The fourth-order valence-electron chi connectivity index (χ4n) is 5.02. The number of pyridine rings is 1. The smallest absolute Gasteiger partial charge is 0.242 e. The fourth-order valence-corrected chi connectivity index (χ4v) is 5.02. The van der Waals surface area contributed by atoms with Crippen molar-refractivity contribution in [2.75, 3.05) is 29.4 Å². The Bertz CT molecular complexity index is 1020. The van der Waals surface area contributed by atoms with Gasteiger partial charge in [-0.15, -0.1) is 0 Å². The maximum absolute atomic E-state index is 13.2. The second-order valence-corrected chi connectivity index (χ2v) is 8.76. The number of aromatic nitrogens is 1. The Labute approximate surface area is 205 Å². The molecule has 0 saturated heterocycles. The molecule has 4 heteroatoms. The van der Waals surface area contributed by atoms with Gasteiger partial charge in [0.2, 0.25) is 5.91 Å². The molecule has 4 nitrogen and oxygen atoms in total. The normalized spacial score (nSPS) is 16.6. The van der Waals surface area contributed by atoms with E-state index in [1.807, 2.05) is 60.5 Å². The highest BCUT2D eigenvalue weighted by Crippen LogP contribution is 2.48. The van der Waals surface area contributed by atoms with E-state index in [0.29, 0.717) is 6.54 Å². The van der Waals surface area contributed by atoms with E-state index in [-0.39, 0.29) is 5.91 Å². The van der Waals surface area contributed by atoms with E-state index in [1.165, 1.54) is 12.8 Å². The lowest BCUT2D eigenvalue weighted by atomic mass is 9.72. The number of para-hydroxylation sites is 1. The zero-order valence-corrected chi connectivity index (χ0v) is 21.2. The number of carbonyl (C=O) groups excluding carboxylic acids is 1. The summed E-state index contributed by atoms with van der Waals surface area (Å²) >= 11 is 0. The van der Waals surface area contributed by atoms with Gasteiger partial charge in [-0.3, -0.25) is 4.79 Å². The highest BCUT2D eigenvalue weighted by molar-refractivity contribution is 6.10. The number of anilines is 2. The molecule has 0 bridgehead atoms. The molecule has 180 valence electrons. The van der Waals surface area contributed by atoms with E-state index < -0.39 is 5.41 Å². The zero-order valence-electron chi connectivity index (χ0n) is 21.2. The van der Waals surface area contributed by atoms with Crippen molar-refractivity contribution in [2.24, 2.45) is 0 Å². The van der Waals surface area contributed by atoms with Gasteiger partial charge in [-0.25, -0.2) is 4.98 Å². The van der Waals surface area contributed by atoms with Gasteiger partial charge in [-0.05, 0) is 55.5 Å². The molecule has 1 aliphatic rings. The van der Waals surface area contributed by atoms with Crippen molar-refractivity contribution < 1.29 is 4.79 Å². The molecule has 3 aromatic rings. The van der Waals surface area contributed by atoms with Crippen molar-refractivity contribution in [2.45, 2.75) is 58.8 Å². The molecular formula is C30H39N3O. The Morgan fingerprint density at radius 2 is 1.44 bits per heavy atom. The molecule has 4 rings (SSSR count). The first-order chi connectivity index (χ1) is 16.6. The van der Waals surface area contributed by atoms with Crippen molar-refractivity contribution in [1.29, 1.82) is 0 Å². The Kier molecular flexibility index (Phi) is 9.26. The molecule has 1 aromatic heterocycles. The van der Waals surface area contributed by atoms with Gasteiger partial charge in [0.15, 0.2) is 0 Å². The summed E-state index contributed by atoms with van der Waals surface area (Å²) in [6.45, 7) is 11.5. The summed E-state index contributed by atoms with van der Waals surface area (Å²) < 4.78 is 0. The highest BCUT2D eigenvalue weighted by atomic mass is 16.2. The maximum Gasteiger partial charge on any atom is 0.242 e. The second-order valence-electron chi connectivity index (χ2n) is 8.76. The number of benzene rings is 2. The van der Waals surface area contributed by atoms with Crippen molar-refractivity contribution in [3.8, 4) is 0 Å². The molecule has 2 aromatic carbocycles. The third-order valence-electron chi connectivity index (χ3n) is 6.43. The van der Waals surface area contributed by atoms with Gasteiger partial charge in [0, 0.05) is 31.5 Å². The number of likely N-dealkylation sites (N-methyl/N-ethyl adjacent to an activating group) is 1. The summed E-state index contributed by atoms with van der Waals surface area (Å²) in [5, 5.41) is 0. The van der Waals surface area contributed by atoms with Crippen LogP contribution in [0.25, 0.3) is 0 Å². The van der Waals surface area contributed by atoms with Crippen LogP contribution in [0, 0.1) is 0 Å². The van der Waals surface area contributed by atoms with Crippen LogP contribution in [0.4, 0.5) is 11.5 Å². The van der Waals surface area contributed by atoms with Crippen molar-refractivity contribution in [3.05, 3.63) is 90.1 Å². The van der Waals surface area contributed by atoms with E-state index in [9.17, 15) is 4.79 Å². The molecule has 0 spiro atoms. The molecule has 2 heterocycles. The van der Waals surface area contributed by atoms with Crippen molar-refractivity contribution in [3.63, 3.8) is 0 Å². The summed E-state index contributed by atoms with van der Waals surface area (Å²) in [5.41, 5.74) is 2.83. The Hall–Kier alpha value is -3.14. The van der Waals surface area contributed by atoms with Crippen molar-refractivity contribution in [1.82, 2.24) is 4.98 Å². The van der Waals surface area contributed by atoms with E-state index >= 15 is 0 Å². The maximum atomic E-state index is 13.2. The van der Waals surface area contributed by atoms with Gasteiger partial charge < -0.3 is 9.80 Å². The number of carbonyl (C=O) groups is 1. The zero-order chi connectivity index (χ0) is 24.4. The van der Waals surface area contributed by atoms with Gasteiger partial charge in [-0.2, -0.15) is 0 Å². The minimum Gasteiger partial charge on any atom is -0.357 e. The van der Waals surface area contributed by atoms with E-state index in [4.69, 9.17) is 0 Å². The number of nitrogens with zero attached hydrogens (tertiary/aromatic N) is 3. The van der Waals surface area contributed by atoms with Crippen LogP contribution in [0.1, 0.15) is 64.5 Å². The number of hydrogen-bond donors (Lipinski definition) is 0. The topological polar surface area (TPSA) is 36.4 Å². The fraction of sp³-hybridized carbons (Fsp3) is 0.400. The second kappa shape index (κ2) is 12.4. The first-order valence-electron chi connectivity index (χ1n) is 12.8. The molecule has 0 radical (unpaired) electrons. The van der Waals surface area contributed by atoms with E-state index in [0.717, 1.165) is 48.6 Å². The summed E-state index contributed by atoms with van der Waals surface area (Å²) in [6.07, 6.45) is 6.04. The molecular weight excluding hydrogens is 418 g/mol. The van der Waals surface area contributed by atoms with Crippen LogP contribution < -0.4 is 9.80 Å². The molecule has 1 atom stereocenters. The van der Waals surface area contributed by atoms with Gasteiger partial charge in [0.1, 0.15) is 11.2 Å². The molecule has 34 heavy (non-hydrogen) atoms. The van der Waals surface area contributed by atoms with Crippen LogP contribution in [0.3, 0.4) is 0 Å².